The number of hydrogen-bond donors (Lipinski definition) is 0. The Morgan fingerprint density at radius 2 is 1.71 bits per heavy atom. The summed E-state index contributed by atoms with van der Waals surface area (Å²) in [4.78, 5) is 15.7. The quantitative estimate of drug-likeness (QED) is 0.347. The first-order chi connectivity index (χ1) is 19.6. The number of ether oxygens (including phenoxy) is 3. The van der Waals surface area contributed by atoms with Crippen LogP contribution in [0.4, 0.5) is 0 Å². The highest BCUT2D eigenvalue weighted by molar-refractivity contribution is 6.31. The van der Waals surface area contributed by atoms with Gasteiger partial charge in [-0.3, -0.25) is 4.79 Å². The van der Waals surface area contributed by atoms with Gasteiger partial charge in [0.1, 0.15) is 23.4 Å². The highest BCUT2D eigenvalue weighted by Gasteiger charge is 2.63. The number of rotatable bonds is 6. The van der Waals surface area contributed by atoms with Crippen molar-refractivity contribution in [2.75, 3.05) is 14.2 Å². The van der Waals surface area contributed by atoms with E-state index in [0.29, 0.717) is 36.6 Å². The van der Waals surface area contributed by atoms with E-state index in [0.717, 1.165) is 52.7 Å². The lowest BCUT2D eigenvalue weighted by atomic mass is 9.45. The summed E-state index contributed by atoms with van der Waals surface area (Å²) < 4.78 is 17.8. The maximum Gasteiger partial charge on any atom is 0.223 e. The van der Waals surface area contributed by atoms with Gasteiger partial charge in [-0.05, 0) is 104 Å². The number of carbonyl (C=O) groups excluding carboxylic acids is 1. The Labute approximate surface area is 250 Å². The lowest BCUT2D eigenvalue weighted by Crippen LogP contribution is -2.64. The number of benzene rings is 2. The summed E-state index contributed by atoms with van der Waals surface area (Å²) in [7, 11) is 3.36. The Morgan fingerprint density at radius 1 is 0.951 bits per heavy atom. The first kappa shape index (κ1) is 28.7. The summed E-state index contributed by atoms with van der Waals surface area (Å²) in [6, 6.07) is 12.3. The summed E-state index contributed by atoms with van der Waals surface area (Å²) in [6.45, 7) is 10.1. The molecule has 0 bridgehead atoms. The lowest BCUT2D eigenvalue weighted by molar-refractivity contribution is -0.172. The van der Waals surface area contributed by atoms with E-state index in [1.54, 1.807) is 14.2 Å². The van der Waals surface area contributed by atoms with Gasteiger partial charge in [-0.15, -0.1) is 0 Å². The van der Waals surface area contributed by atoms with Gasteiger partial charge in [0, 0.05) is 41.1 Å². The molecule has 222 valence electrons. The number of aryl methyl sites for hydroxylation is 1. The van der Waals surface area contributed by atoms with Crippen molar-refractivity contribution in [3.8, 4) is 17.2 Å². The molecule has 3 unspecified atom stereocenters. The second kappa shape index (κ2) is 10.7. The third-order valence-corrected chi connectivity index (χ3v) is 12.3. The van der Waals surface area contributed by atoms with Crippen molar-refractivity contribution in [2.45, 2.75) is 91.3 Å². The van der Waals surface area contributed by atoms with Gasteiger partial charge in [0.25, 0.3) is 0 Å². The predicted molar refractivity (Wildman–Crippen MR) is 163 cm³/mol. The molecule has 3 saturated carbocycles. The van der Waals surface area contributed by atoms with Crippen molar-refractivity contribution in [3.05, 3.63) is 52.5 Å². The topological polar surface area (TPSA) is 48.0 Å². The third kappa shape index (κ3) is 4.71. The molecule has 4 aliphatic rings. The van der Waals surface area contributed by atoms with Crippen molar-refractivity contribution in [1.29, 1.82) is 0 Å². The molecule has 5 nitrogen and oxygen atoms in total. The summed E-state index contributed by atoms with van der Waals surface area (Å²) in [5, 5.41) is 0.773. The van der Waals surface area contributed by atoms with Crippen LogP contribution in [0.25, 0.3) is 0 Å². The van der Waals surface area contributed by atoms with Crippen LogP contribution >= 0.6 is 11.6 Å². The molecule has 6 heteroatoms. The SMILES string of the molecule is COc1ccc(CN2C(=O)CC[C@@]3(C)C2CC(C)[C@@H]2[C@H]3CC[C@]3(C)C(Oc4ccc(C)c(Cl)c4)CC[C@@H]23)c(OC)c1. The van der Waals surface area contributed by atoms with Gasteiger partial charge in [-0.1, -0.05) is 38.4 Å². The van der Waals surface area contributed by atoms with Crippen LogP contribution in [0.3, 0.4) is 0 Å². The standard InChI is InChI=1S/C35H46ClNO4/c1-21-7-9-25(18-28(21)36)41-31-12-11-26-33-22(2)17-30-34(3,27(33)13-15-35(26,31)4)16-14-32(38)37(30)20-23-8-10-24(39-5)19-29(23)40-6/h7-10,18-19,22,26-27,30-31,33H,11-17,20H2,1-6H3/t22?,26-,27+,30?,31?,33-,34+,35-/m0/s1. The maximum atomic E-state index is 13.5. The minimum Gasteiger partial charge on any atom is -0.497 e. The molecule has 8 atom stereocenters. The van der Waals surface area contributed by atoms with Gasteiger partial charge in [0.15, 0.2) is 0 Å². The van der Waals surface area contributed by atoms with Gasteiger partial charge >= 0.3 is 0 Å². The molecule has 0 N–H and O–H groups in total. The molecule has 0 aromatic heterocycles. The summed E-state index contributed by atoms with van der Waals surface area (Å²) >= 11 is 6.44. The second-order valence-electron chi connectivity index (χ2n) is 13.9. The number of amides is 1. The zero-order chi connectivity index (χ0) is 29.1. The van der Waals surface area contributed by atoms with Crippen LogP contribution in [0.15, 0.2) is 36.4 Å². The highest BCUT2D eigenvalue weighted by atomic mass is 35.5. The van der Waals surface area contributed by atoms with E-state index in [1.165, 1.54) is 19.3 Å². The summed E-state index contributed by atoms with van der Waals surface area (Å²) in [6.07, 6.45) is 7.61. The molecule has 0 radical (unpaired) electrons. The second-order valence-corrected chi connectivity index (χ2v) is 14.3. The van der Waals surface area contributed by atoms with E-state index in [-0.39, 0.29) is 28.9 Å². The predicted octanol–water partition coefficient (Wildman–Crippen LogP) is 8.09. The molecule has 3 aliphatic carbocycles. The van der Waals surface area contributed by atoms with Crippen LogP contribution in [0.5, 0.6) is 17.2 Å². The Hall–Kier alpha value is -2.40. The number of likely N-dealkylation sites (tertiary alicyclic amines) is 1. The molecular weight excluding hydrogens is 534 g/mol. The van der Waals surface area contributed by atoms with Crippen LogP contribution < -0.4 is 14.2 Å². The largest absolute Gasteiger partial charge is 0.497 e. The molecule has 1 heterocycles. The zero-order valence-electron chi connectivity index (χ0n) is 25.5. The van der Waals surface area contributed by atoms with Crippen molar-refractivity contribution in [3.63, 3.8) is 0 Å². The zero-order valence-corrected chi connectivity index (χ0v) is 26.3. The maximum absolute atomic E-state index is 13.5. The van der Waals surface area contributed by atoms with E-state index < -0.39 is 0 Å². The van der Waals surface area contributed by atoms with Gasteiger partial charge in [0.05, 0.1) is 14.2 Å². The van der Waals surface area contributed by atoms with E-state index >= 15 is 0 Å². The Kier molecular flexibility index (Phi) is 7.49. The Morgan fingerprint density at radius 3 is 2.44 bits per heavy atom. The monoisotopic (exact) mass is 579 g/mol. The smallest absolute Gasteiger partial charge is 0.223 e. The first-order valence-electron chi connectivity index (χ1n) is 15.5. The fraction of sp³-hybridized carbons (Fsp3) is 0.629. The number of piperidine rings is 1. The van der Waals surface area contributed by atoms with Crippen LogP contribution in [0.1, 0.15) is 76.8 Å². The van der Waals surface area contributed by atoms with Crippen molar-refractivity contribution < 1.29 is 19.0 Å². The van der Waals surface area contributed by atoms with Crippen molar-refractivity contribution in [1.82, 2.24) is 4.90 Å². The van der Waals surface area contributed by atoms with Gasteiger partial charge in [0.2, 0.25) is 5.91 Å². The number of methoxy groups -OCH3 is 2. The van der Waals surface area contributed by atoms with Gasteiger partial charge < -0.3 is 19.1 Å². The fourth-order valence-corrected chi connectivity index (χ4v) is 9.80. The molecule has 4 fully saturated rings. The molecule has 2 aromatic carbocycles. The summed E-state index contributed by atoms with van der Waals surface area (Å²) in [5.74, 6) is 5.21. The highest BCUT2D eigenvalue weighted by Crippen LogP contribution is 2.66. The van der Waals surface area contributed by atoms with E-state index in [9.17, 15) is 4.79 Å². The summed E-state index contributed by atoms with van der Waals surface area (Å²) in [5.41, 5.74) is 2.41. The molecule has 6 rings (SSSR count). The number of hydrogen-bond acceptors (Lipinski definition) is 4. The molecule has 1 saturated heterocycles. The molecular formula is C35H46ClNO4. The minimum absolute atomic E-state index is 0.121. The van der Waals surface area contributed by atoms with E-state index in [1.807, 2.05) is 25.1 Å². The lowest BCUT2D eigenvalue weighted by Gasteiger charge is -2.64. The number of fused-ring (bicyclic) bond motifs is 5. The van der Waals surface area contributed by atoms with Crippen LogP contribution in [-0.4, -0.2) is 37.2 Å². The Balaban J connectivity index is 1.25. The molecule has 41 heavy (non-hydrogen) atoms. The van der Waals surface area contributed by atoms with Gasteiger partial charge in [-0.25, -0.2) is 0 Å². The van der Waals surface area contributed by atoms with Crippen molar-refractivity contribution >= 4 is 17.5 Å². The molecule has 1 aliphatic heterocycles. The first-order valence-corrected chi connectivity index (χ1v) is 15.9. The fourth-order valence-electron chi connectivity index (χ4n) is 9.63. The molecule has 2 aromatic rings. The molecule has 0 spiro atoms. The van der Waals surface area contributed by atoms with Crippen LogP contribution in [0, 0.1) is 41.4 Å². The van der Waals surface area contributed by atoms with E-state index in [4.69, 9.17) is 25.8 Å². The average Bonchev–Trinajstić information content (AvgIpc) is 3.29. The van der Waals surface area contributed by atoms with Crippen LogP contribution in [0.2, 0.25) is 5.02 Å². The average molecular weight is 580 g/mol. The number of carbonyl (C=O) groups is 1. The van der Waals surface area contributed by atoms with Crippen LogP contribution in [-0.2, 0) is 11.3 Å². The minimum atomic E-state index is 0.121. The van der Waals surface area contributed by atoms with Gasteiger partial charge in [-0.2, -0.15) is 0 Å². The third-order valence-electron chi connectivity index (χ3n) is 11.9. The normalized spacial score (nSPS) is 36.3. The number of nitrogens with zero attached hydrogens (tertiary/aromatic N) is 1. The van der Waals surface area contributed by atoms with Crippen molar-refractivity contribution in [2.24, 2.45) is 34.5 Å². The number of halogens is 1. The Bertz CT molecular complexity index is 1310. The molecule has 1 amide bonds. The van der Waals surface area contributed by atoms with E-state index in [2.05, 4.69) is 43.9 Å².